The Labute approximate surface area is 205 Å². The fraction of sp³-hybridized carbons (Fsp3) is 0.318. The van der Waals surface area contributed by atoms with Crippen LogP contribution in [0.3, 0.4) is 0 Å². The highest BCUT2D eigenvalue weighted by atomic mass is 32.2. The van der Waals surface area contributed by atoms with Crippen LogP contribution < -0.4 is 15.5 Å². The van der Waals surface area contributed by atoms with E-state index in [0.717, 1.165) is 30.5 Å². The van der Waals surface area contributed by atoms with E-state index in [-0.39, 0.29) is 28.9 Å². The Hall–Kier alpha value is -3.19. The minimum atomic E-state index is -4.62. The van der Waals surface area contributed by atoms with E-state index >= 15 is 0 Å². The molecule has 1 N–H and O–H groups in total. The Bertz CT molecular complexity index is 1260. The number of ether oxygens (including phenoxy) is 1. The van der Waals surface area contributed by atoms with Crippen molar-refractivity contribution in [1.29, 1.82) is 0 Å². The molecule has 0 radical (unpaired) electrons. The first-order chi connectivity index (χ1) is 16.6. The highest BCUT2D eigenvalue weighted by Crippen LogP contribution is 2.30. The summed E-state index contributed by atoms with van der Waals surface area (Å²) >= 11 is 2.39. The largest absolute Gasteiger partial charge is 0.464 e. The summed E-state index contributed by atoms with van der Waals surface area (Å²) < 4.78 is 49.3. The van der Waals surface area contributed by atoms with Gasteiger partial charge in [0.2, 0.25) is 22.2 Å². The first-order valence-electron chi connectivity index (χ1n) is 10.4. The van der Waals surface area contributed by atoms with Crippen LogP contribution in [-0.4, -0.2) is 22.1 Å². The van der Waals surface area contributed by atoms with Crippen molar-refractivity contribution < 1.29 is 31.9 Å². The van der Waals surface area contributed by atoms with Crippen LogP contribution in [0.1, 0.15) is 48.4 Å². The van der Waals surface area contributed by atoms with Crippen LogP contribution in [0.15, 0.2) is 50.1 Å². The van der Waals surface area contributed by atoms with E-state index in [2.05, 4.69) is 15.5 Å². The number of halogens is 3. The molecule has 3 aromatic rings. The number of esters is 1. The van der Waals surface area contributed by atoms with E-state index in [1.807, 2.05) is 13.8 Å². The van der Waals surface area contributed by atoms with Gasteiger partial charge in [-0.15, -0.1) is 10.2 Å². The molecule has 13 heteroatoms. The SMILES string of the molecule is CCC(CC)C(=O)Nc1nnc(SCc2cc(=O)c(OC(=O)c3cccc(C(F)(F)F)c3)co2)s1. The summed E-state index contributed by atoms with van der Waals surface area (Å²) in [5.74, 6) is -1.36. The van der Waals surface area contributed by atoms with Crippen LogP contribution in [0.2, 0.25) is 0 Å². The van der Waals surface area contributed by atoms with Crippen molar-refractivity contribution in [3.63, 3.8) is 0 Å². The van der Waals surface area contributed by atoms with E-state index in [0.29, 0.717) is 28.4 Å². The summed E-state index contributed by atoms with van der Waals surface area (Å²) in [6.07, 6.45) is -2.27. The zero-order valence-corrected chi connectivity index (χ0v) is 20.2. The Morgan fingerprint density at radius 3 is 2.60 bits per heavy atom. The quantitative estimate of drug-likeness (QED) is 0.224. The van der Waals surface area contributed by atoms with E-state index in [1.54, 1.807) is 0 Å². The molecule has 8 nitrogen and oxygen atoms in total. The molecule has 0 aliphatic carbocycles. The summed E-state index contributed by atoms with van der Waals surface area (Å²) in [5, 5.41) is 11.0. The van der Waals surface area contributed by atoms with Crippen molar-refractivity contribution >= 4 is 40.1 Å². The number of rotatable bonds is 9. The van der Waals surface area contributed by atoms with Crippen LogP contribution in [0.25, 0.3) is 0 Å². The number of nitrogens with zero attached hydrogens (tertiary/aromatic N) is 2. The highest BCUT2D eigenvalue weighted by Gasteiger charge is 2.31. The van der Waals surface area contributed by atoms with Gasteiger partial charge in [-0.05, 0) is 31.0 Å². The third kappa shape index (κ3) is 7.15. The van der Waals surface area contributed by atoms with Crippen molar-refractivity contribution in [3.05, 3.63) is 63.7 Å². The van der Waals surface area contributed by atoms with Crippen molar-refractivity contribution in [2.75, 3.05) is 5.32 Å². The Morgan fingerprint density at radius 2 is 1.94 bits per heavy atom. The number of hydrogen-bond acceptors (Lipinski definition) is 9. The van der Waals surface area contributed by atoms with Gasteiger partial charge in [0.1, 0.15) is 12.0 Å². The van der Waals surface area contributed by atoms with E-state index in [4.69, 9.17) is 9.15 Å². The standard InChI is InChI=1S/C22H20F3N3O5S2/c1-3-12(4-2)18(30)26-20-27-28-21(35-20)34-11-15-9-16(29)17(10-32-15)33-19(31)13-6-5-7-14(8-13)22(23,24)25/h5-10,12H,3-4,11H2,1-2H3,(H,26,27,30). The predicted octanol–water partition coefficient (Wildman–Crippen LogP) is 5.40. The van der Waals surface area contributed by atoms with E-state index in [1.165, 1.54) is 23.1 Å². The second kappa shape index (κ2) is 11.5. The molecule has 35 heavy (non-hydrogen) atoms. The lowest BCUT2D eigenvalue weighted by atomic mass is 10.0. The van der Waals surface area contributed by atoms with Crippen molar-refractivity contribution in [2.45, 2.75) is 43.0 Å². The third-order valence-corrected chi connectivity index (χ3v) is 6.81. The predicted molar refractivity (Wildman–Crippen MR) is 124 cm³/mol. The maximum Gasteiger partial charge on any atom is 0.416 e. The normalized spacial score (nSPS) is 11.5. The average molecular weight is 528 g/mol. The van der Waals surface area contributed by atoms with Crippen LogP contribution in [-0.2, 0) is 16.7 Å². The number of carbonyl (C=O) groups is 2. The topological polar surface area (TPSA) is 111 Å². The van der Waals surface area contributed by atoms with Crippen LogP contribution in [0, 0.1) is 5.92 Å². The van der Waals surface area contributed by atoms with E-state index in [9.17, 15) is 27.6 Å². The Morgan fingerprint density at radius 1 is 1.20 bits per heavy atom. The van der Waals surface area contributed by atoms with Gasteiger partial charge < -0.3 is 14.5 Å². The second-order valence-corrected chi connectivity index (χ2v) is 9.41. The fourth-order valence-electron chi connectivity index (χ4n) is 2.89. The van der Waals surface area contributed by atoms with Crippen LogP contribution >= 0.6 is 23.1 Å². The van der Waals surface area contributed by atoms with Crippen molar-refractivity contribution in [2.24, 2.45) is 5.92 Å². The van der Waals surface area contributed by atoms with Gasteiger partial charge in [-0.1, -0.05) is 43.0 Å². The fourth-order valence-corrected chi connectivity index (χ4v) is 4.53. The minimum absolute atomic E-state index is 0.106. The number of thioether (sulfide) groups is 1. The van der Waals surface area contributed by atoms with Gasteiger partial charge in [0.15, 0.2) is 4.34 Å². The van der Waals surface area contributed by atoms with E-state index < -0.39 is 28.9 Å². The number of aromatic nitrogens is 2. The minimum Gasteiger partial charge on any atom is -0.464 e. The van der Waals surface area contributed by atoms with Crippen molar-refractivity contribution in [3.8, 4) is 5.75 Å². The summed E-state index contributed by atoms with van der Waals surface area (Å²) in [6.45, 7) is 3.86. The summed E-state index contributed by atoms with van der Waals surface area (Å²) in [4.78, 5) is 36.6. The van der Waals surface area contributed by atoms with Gasteiger partial charge in [-0.25, -0.2) is 4.79 Å². The number of hydrogen-bond donors (Lipinski definition) is 1. The maximum absolute atomic E-state index is 12.8. The molecule has 1 amide bonds. The first-order valence-corrected chi connectivity index (χ1v) is 12.2. The van der Waals surface area contributed by atoms with Crippen LogP contribution in [0.5, 0.6) is 5.75 Å². The van der Waals surface area contributed by atoms with Crippen molar-refractivity contribution in [1.82, 2.24) is 10.2 Å². The number of anilines is 1. The second-order valence-electron chi connectivity index (χ2n) is 7.21. The lowest BCUT2D eigenvalue weighted by molar-refractivity contribution is -0.137. The van der Waals surface area contributed by atoms with Gasteiger partial charge in [0, 0.05) is 12.0 Å². The molecule has 3 rings (SSSR count). The Kier molecular flexibility index (Phi) is 8.67. The molecule has 186 valence electrons. The average Bonchev–Trinajstić information content (AvgIpc) is 3.26. The molecule has 0 unspecified atom stereocenters. The molecule has 2 aromatic heterocycles. The lowest BCUT2D eigenvalue weighted by Crippen LogP contribution is -2.21. The molecule has 0 saturated carbocycles. The van der Waals surface area contributed by atoms with Gasteiger partial charge in [-0.2, -0.15) is 13.2 Å². The van der Waals surface area contributed by atoms with Gasteiger partial charge >= 0.3 is 12.1 Å². The number of alkyl halides is 3. The number of nitrogens with one attached hydrogen (secondary N) is 1. The molecule has 2 heterocycles. The molecule has 1 aromatic carbocycles. The number of amides is 1. The molecule has 0 aliphatic heterocycles. The number of carbonyl (C=O) groups excluding carboxylic acids is 2. The molecule has 0 bridgehead atoms. The smallest absolute Gasteiger partial charge is 0.416 e. The highest BCUT2D eigenvalue weighted by molar-refractivity contribution is 8.00. The summed E-state index contributed by atoms with van der Waals surface area (Å²) in [6, 6.07) is 4.78. The molecule has 0 saturated heterocycles. The zero-order chi connectivity index (χ0) is 25.6. The van der Waals surface area contributed by atoms with Gasteiger partial charge in [0.25, 0.3) is 0 Å². The molecule has 0 aliphatic rings. The monoisotopic (exact) mass is 527 g/mol. The third-order valence-electron chi connectivity index (χ3n) is 4.81. The molecule has 0 fully saturated rings. The summed E-state index contributed by atoms with van der Waals surface area (Å²) in [5.41, 5.74) is -2.05. The maximum atomic E-state index is 12.8. The first kappa shape index (κ1) is 26.4. The van der Waals surface area contributed by atoms with Crippen LogP contribution in [0.4, 0.5) is 18.3 Å². The molecule has 0 spiro atoms. The summed E-state index contributed by atoms with van der Waals surface area (Å²) in [7, 11) is 0. The van der Waals surface area contributed by atoms with Gasteiger partial charge in [0.05, 0.1) is 16.9 Å². The van der Waals surface area contributed by atoms with Gasteiger partial charge in [-0.3, -0.25) is 9.59 Å². The lowest BCUT2D eigenvalue weighted by Gasteiger charge is -2.09. The molecule has 0 atom stereocenters. The molecular weight excluding hydrogens is 507 g/mol. The number of benzene rings is 1. The zero-order valence-electron chi connectivity index (χ0n) is 18.5. The Balaban J connectivity index is 1.59. The molecular formula is C22H20F3N3O5S2.